The second-order valence-electron chi connectivity index (χ2n) is 5.10. The van der Waals surface area contributed by atoms with Crippen LogP contribution in [0.2, 0.25) is 0 Å². The molecule has 0 spiro atoms. The van der Waals surface area contributed by atoms with Gasteiger partial charge in [0.05, 0.1) is 0 Å². The lowest BCUT2D eigenvalue weighted by Crippen LogP contribution is -2.44. The van der Waals surface area contributed by atoms with Crippen LogP contribution < -0.4 is 5.73 Å². The number of hydrogen-bond acceptors (Lipinski definition) is 3. The number of aliphatic carboxylic acids is 1. The maximum absolute atomic E-state index is 10.9. The van der Waals surface area contributed by atoms with E-state index < -0.39 is 12.0 Å². The number of nitrogens with zero attached hydrogens (tertiary/aromatic N) is 1. The lowest BCUT2D eigenvalue weighted by molar-refractivity contribution is -0.140. The Morgan fingerprint density at radius 1 is 1.37 bits per heavy atom. The summed E-state index contributed by atoms with van der Waals surface area (Å²) in [5.74, 6) is -0.773. The van der Waals surface area contributed by atoms with E-state index in [4.69, 9.17) is 10.8 Å². The van der Waals surface area contributed by atoms with Crippen LogP contribution in [0, 0.1) is 5.92 Å². The van der Waals surface area contributed by atoms with Crippen LogP contribution in [0.1, 0.15) is 18.4 Å². The highest BCUT2D eigenvalue weighted by molar-refractivity contribution is 9.10. The van der Waals surface area contributed by atoms with Crippen molar-refractivity contribution in [2.45, 2.75) is 25.4 Å². The van der Waals surface area contributed by atoms with E-state index in [1.807, 2.05) is 12.1 Å². The van der Waals surface area contributed by atoms with Gasteiger partial charge in [-0.1, -0.05) is 28.1 Å². The van der Waals surface area contributed by atoms with Crippen LogP contribution in [0.25, 0.3) is 0 Å². The zero-order chi connectivity index (χ0) is 13.8. The number of carboxylic acid groups (broad SMARTS) is 1. The molecule has 1 atom stereocenters. The summed E-state index contributed by atoms with van der Waals surface area (Å²) in [5.41, 5.74) is 6.96. The minimum atomic E-state index is -0.883. The van der Waals surface area contributed by atoms with E-state index in [2.05, 4.69) is 33.0 Å². The molecule has 1 fully saturated rings. The van der Waals surface area contributed by atoms with E-state index in [-0.39, 0.29) is 5.92 Å². The van der Waals surface area contributed by atoms with E-state index in [1.165, 1.54) is 5.56 Å². The average molecular weight is 327 g/mol. The molecule has 0 aliphatic carbocycles. The Labute approximate surface area is 121 Å². The van der Waals surface area contributed by atoms with Gasteiger partial charge < -0.3 is 10.8 Å². The van der Waals surface area contributed by atoms with Gasteiger partial charge in [0.25, 0.3) is 0 Å². The van der Waals surface area contributed by atoms with Gasteiger partial charge in [-0.25, -0.2) is 0 Å². The van der Waals surface area contributed by atoms with Crippen molar-refractivity contribution in [2.24, 2.45) is 11.7 Å². The van der Waals surface area contributed by atoms with Crippen molar-refractivity contribution in [3.05, 3.63) is 34.3 Å². The first-order valence-electron chi connectivity index (χ1n) is 6.51. The van der Waals surface area contributed by atoms with Gasteiger partial charge in [0.1, 0.15) is 6.04 Å². The molecular weight excluding hydrogens is 308 g/mol. The number of rotatable bonds is 4. The summed E-state index contributed by atoms with van der Waals surface area (Å²) in [4.78, 5) is 13.2. The van der Waals surface area contributed by atoms with Gasteiger partial charge in [0.15, 0.2) is 0 Å². The zero-order valence-corrected chi connectivity index (χ0v) is 12.3. The lowest BCUT2D eigenvalue weighted by Gasteiger charge is -2.33. The van der Waals surface area contributed by atoms with Crippen LogP contribution in [0.15, 0.2) is 28.7 Å². The zero-order valence-electron chi connectivity index (χ0n) is 10.8. The molecule has 0 aromatic heterocycles. The minimum absolute atomic E-state index is 0.110. The molecule has 0 bridgehead atoms. The summed E-state index contributed by atoms with van der Waals surface area (Å²) in [7, 11) is 0. The van der Waals surface area contributed by atoms with Gasteiger partial charge >= 0.3 is 5.97 Å². The van der Waals surface area contributed by atoms with E-state index >= 15 is 0 Å². The maximum atomic E-state index is 10.9. The quantitative estimate of drug-likeness (QED) is 0.888. The van der Waals surface area contributed by atoms with Crippen molar-refractivity contribution in [2.75, 3.05) is 13.1 Å². The normalized spacial score (nSPS) is 19.3. The largest absolute Gasteiger partial charge is 0.480 e. The molecule has 4 nitrogen and oxygen atoms in total. The third kappa shape index (κ3) is 4.03. The number of benzene rings is 1. The van der Waals surface area contributed by atoms with Gasteiger partial charge in [-0.3, -0.25) is 9.69 Å². The third-order valence-electron chi connectivity index (χ3n) is 3.74. The lowest BCUT2D eigenvalue weighted by atomic mass is 9.90. The molecule has 3 N–H and O–H groups in total. The Bertz CT molecular complexity index is 428. The number of nitrogens with two attached hydrogens (primary N) is 1. The molecular formula is C14H19BrN2O2. The van der Waals surface area contributed by atoms with Gasteiger partial charge in [-0.05, 0) is 49.5 Å². The molecule has 1 aromatic carbocycles. The Morgan fingerprint density at radius 3 is 2.47 bits per heavy atom. The van der Waals surface area contributed by atoms with E-state index in [0.717, 1.165) is 36.9 Å². The fourth-order valence-corrected chi connectivity index (χ4v) is 2.78. The predicted molar refractivity (Wildman–Crippen MR) is 77.8 cm³/mol. The number of hydrogen-bond donors (Lipinski definition) is 2. The van der Waals surface area contributed by atoms with Gasteiger partial charge in [-0.2, -0.15) is 0 Å². The average Bonchev–Trinajstić information content (AvgIpc) is 2.41. The fourth-order valence-electron chi connectivity index (χ4n) is 2.52. The molecule has 0 amide bonds. The van der Waals surface area contributed by atoms with Crippen molar-refractivity contribution < 1.29 is 9.90 Å². The van der Waals surface area contributed by atoms with Crippen LogP contribution in [0.3, 0.4) is 0 Å². The third-order valence-corrected chi connectivity index (χ3v) is 4.27. The topological polar surface area (TPSA) is 66.6 Å². The summed E-state index contributed by atoms with van der Waals surface area (Å²) in [6, 6.07) is 7.60. The van der Waals surface area contributed by atoms with Crippen LogP contribution in [-0.4, -0.2) is 35.1 Å². The molecule has 1 aromatic rings. The Kier molecular flexibility index (Phi) is 4.96. The van der Waals surface area contributed by atoms with Crippen LogP contribution in [0.4, 0.5) is 0 Å². The summed E-state index contributed by atoms with van der Waals surface area (Å²) in [6.45, 7) is 2.76. The molecule has 5 heteroatoms. The Hall–Kier alpha value is -0.910. The summed E-state index contributed by atoms with van der Waals surface area (Å²) >= 11 is 3.42. The van der Waals surface area contributed by atoms with E-state index in [0.29, 0.717) is 0 Å². The monoisotopic (exact) mass is 326 g/mol. The highest BCUT2D eigenvalue weighted by atomic mass is 79.9. The van der Waals surface area contributed by atoms with Gasteiger partial charge in [0.2, 0.25) is 0 Å². The van der Waals surface area contributed by atoms with Gasteiger partial charge in [0, 0.05) is 11.0 Å². The standard InChI is InChI=1S/C14H19BrN2O2/c15-12-3-1-10(2-4-12)9-17-7-5-11(6-8-17)13(16)14(18)19/h1-4,11,13H,5-9,16H2,(H,18,19). The highest BCUT2D eigenvalue weighted by Gasteiger charge is 2.28. The smallest absolute Gasteiger partial charge is 0.320 e. The number of carboxylic acids is 1. The first-order chi connectivity index (χ1) is 9.06. The van der Waals surface area contributed by atoms with Crippen LogP contribution >= 0.6 is 15.9 Å². The first kappa shape index (κ1) is 14.5. The van der Waals surface area contributed by atoms with Crippen molar-refractivity contribution >= 4 is 21.9 Å². The van der Waals surface area contributed by atoms with Crippen molar-refractivity contribution in [3.63, 3.8) is 0 Å². The van der Waals surface area contributed by atoms with Crippen molar-refractivity contribution in [3.8, 4) is 0 Å². The number of halogens is 1. The molecule has 1 heterocycles. The molecule has 0 radical (unpaired) electrons. The van der Waals surface area contributed by atoms with Crippen molar-refractivity contribution in [1.29, 1.82) is 0 Å². The molecule has 1 aliphatic rings. The second kappa shape index (κ2) is 6.50. The van der Waals surface area contributed by atoms with E-state index in [1.54, 1.807) is 0 Å². The molecule has 1 aliphatic heterocycles. The molecule has 104 valence electrons. The molecule has 1 unspecified atom stereocenters. The maximum Gasteiger partial charge on any atom is 0.320 e. The molecule has 0 saturated carbocycles. The molecule has 2 rings (SSSR count). The van der Waals surface area contributed by atoms with Crippen LogP contribution in [0.5, 0.6) is 0 Å². The number of likely N-dealkylation sites (tertiary alicyclic amines) is 1. The minimum Gasteiger partial charge on any atom is -0.480 e. The fraction of sp³-hybridized carbons (Fsp3) is 0.500. The number of carbonyl (C=O) groups is 1. The summed E-state index contributed by atoms with van der Waals surface area (Å²) in [5, 5.41) is 8.92. The van der Waals surface area contributed by atoms with Crippen LogP contribution in [-0.2, 0) is 11.3 Å². The number of piperidine rings is 1. The summed E-state index contributed by atoms with van der Waals surface area (Å²) < 4.78 is 1.09. The first-order valence-corrected chi connectivity index (χ1v) is 7.31. The Balaban J connectivity index is 1.83. The van der Waals surface area contributed by atoms with Crippen molar-refractivity contribution in [1.82, 2.24) is 4.90 Å². The predicted octanol–water partition coefficient (Wildman–Crippen LogP) is 2.07. The van der Waals surface area contributed by atoms with Gasteiger partial charge in [-0.15, -0.1) is 0 Å². The SMILES string of the molecule is NC(C(=O)O)C1CCN(Cc2ccc(Br)cc2)CC1. The Morgan fingerprint density at radius 2 is 1.95 bits per heavy atom. The van der Waals surface area contributed by atoms with E-state index in [9.17, 15) is 4.79 Å². The second-order valence-corrected chi connectivity index (χ2v) is 6.02. The highest BCUT2D eigenvalue weighted by Crippen LogP contribution is 2.21. The molecule has 1 saturated heterocycles. The summed E-state index contributed by atoms with van der Waals surface area (Å²) in [6.07, 6.45) is 1.73. The molecule has 19 heavy (non-hydrogen) atoms.